The molecule has 24 heavy (non-hydrogen) atoms. The van der Waals surface area contributed by atoms with Crippen molar-refractivity contribution in [2.24, 2.45) is 0 Å². The molecule has 1 amide bonds. The Balaban J connectivity index is 1.75. The van der Waals surface area contributed by atoms with E-state index < -0.39 is 11.7 Å². The lowest BCUT2D eigenvalue weighted by Gasteiger charge is -2.00. The SMILES string of the molecule is C=CCn1nnc(NC(=O)c2ccc(-c3ccc(F)c(Cl)c3)o2)n1. The van der Waals surface area contributed by atoms with Gasteiger partial charge in [0.2, 0.25) is 0 Å². The van der Waals surface area contributed by atoms with Crippen LogP contribution in [0.3, 0.4) is 0 Å². The van der Waals surface area contributed by atoms with Crippen LogP contribution in [0, 0.1) is 5.82 Å². The van der Waals surface area contributed by atoms with Gasteiger partial charge in [-0.15, -0.1) is 11.7 Å². The van der Waals surface area contributed by atoms with E-state index in [0.717, 1.165) is 0 Å². The Morgan fingerprint density at radius 1 is 1.42 bits per heavy atom. The molecule has 0 fully saturated rings. The van der Waals surface area contributed by atoms with E-state index in [4.69, 9.17) is 16.0 Å². The molecule has 0 aliphatic carbocycles. The molecule has 3 aromatic rings. The second-order valence-corrected chi connectivity index (χ2v) is 5.11. The highest BCUT2D eigenvalue weighted by Crippen LogP contribution is 2.26. The molecule has 0 saturated heterocycles. The number of hydrogen-bond acceptors (Lipinski definition) is 5. The summed E-state index contributed by atoms with van der Waals surface area (Å²) in [5, 5.41) is 13.8. The number of amides is 1. The van der Waals surface area contributed by atoms with Gasteiger partial charge in [0.1, 0.15) is 11.6 Å². The van der Waals surface area contributed by atoms with E-state index in [9.17, 15) is 9.18 Å². The number of tetrazole rings is 1. The Morgan fingerprint density at radius 2 is 2.25 bits per heavy atom. The number of hydrogen-bond donors (Lipinski definition) is 1. The van der Waals surface area contributed by atoms with Gasteiger partial charge in [0.25, 0.3) is 11.9 Å². The standard InChI is InChI=1S/C15H11ClFN5O2/c1-2-7-22-20-15(19-21-22)18-14(23)13-6-5-12(24-13)9-3-4-11(17)10(16)8-9/h2-6,8H,1,7H2,(H,18,20,23). The van der Waals surface area contributed by atoms with Gasteiger partial charge in [-0.05, 0) is 35.5 Å². The number of carbonyl (C=O) groups is 1. The van der Waals surface area contributed by atoms with Gasteiger partial charge in [-0.1, -0.05) is 22.8 Å². The normalized spacial score (nSPS) is 10.6. The van der Waals surface area contributed by atoms with Crippen molar-refractivity contribution >= 4 is 23.5 Å². The maximum absolute atomic E-state index is 13.2. The summed E-state index contributed by atoms with van der Waals surface area (Å²) in [5.74, 6) is -0.591. The summed E-state index contributed by atoms with van der Waals surface area (Å²) in [6, 6.07) is 7.21. The molecule has 0 saturated carbocycles. The van der Waals surface area contributed by atoms with Crippen LogP contribution in [0.5, 0.6) is 0 Å². The Hall–Kier alpha value is -3.00. The minimum absolute atomic E-state index is 0.0297. The van der Waals surface area contributed by atoms with Crippen LogP contribution in [0.4, 0.5) is 10.3 Å². The van der Waals surface area contributed by atoms with Gasteiger partial charge in [-0.2, -0.15) is 4.80 Å². The predicted molar refractivity (Wildman–Crippen MR) is 85.1 cm³/mol. The number of nitrogens with one attached hydrogen (secondary N) is 1. The molecule has 1 N–H and O–H groups in total. The molecular weight excluding hydrogens is 337 g/mol. The number of nitrogens with zero attached hydrogens (tertiary/aromatic N) is 4. The molecule has 3 rings (SSSR count). The number of carbonyl (C=O) groups excluding carboxylic acids is 1. The molecule has 9 heteroatoms. The maximum Gasteiger partial charge on any atom is 0.293 e. The fraction of sp³-hybridized carbons (Fsp3) is 0.0667. The zero-order valence-corrected chi connectivity index (χ0v) is 13.0. The van der Waals surface area contributed by atoms with E-state index in [1.165, 1.54) is 29.1 Å². The number of furan rings is 1. The summed E-state index contributed by atoms with van der Waals surface area (Å²) in [5.41, 5.74) is 0.551. The van der Waals surface area contributed by atoms with Gasteiger partial charge in [0, 0.05) is 5.56 Å². The van der Waals surface area contributed by atoms with Crippen molar-refractivity contribution in [1.82, 2.24) is 20.2 Å². The van der Waals surface area contributed by atoms with Crippen LogP contribution < -0.4 is 5.32 Å². The largest absolute Gasteiger partial charge is 0.451 e. The number of rotatable bonds is 5. The molecule has 122 valence electrons. The fourth-order valence-electron chi connectivity index (χ4n) is 1.91. The molecule has 2 aromatic heterocycles. The van der Waals surface area contributed by atoms with Crippen molar-refractivity contribution < 1.29 is 13.6 Å². The first kappa shape index (κ1) is 15.9. The maximum atomic E-state index is 13.2. The van der Waals surface area contributed by atoms with Crippen LogP contribution in [0.2, 0.25) is 5.02 Å². The monoisotopic (exact) mass is 347 g/mol. The first-order chi connectivity index (χ1) is 11.6. The number of allylic oxidation sites excluding steroid dienone is 1. The zero-order chi connectivity index (χ0) is 17.1. The minimum atomic E-state index is -0.535. The van der Waals surface area contributed by atoms with Gasteiger partial charge in [-0.3, -0.25) is 10.1 Å². The van der Waals surface area contributed by atoms with E-state index >= 15 is 0 Å². The Bertz CT molecular complexity index is 905. The molecule has 0 atom stereocenters. The first-order valence-electron chi connectivity index (χ1n) is 6.82. The zero-order valence-electron chi connectivity index (χ0n) is 12.2. The molecule has 0 unspecified atom stereocenters. The third kappa shape index (κ3) is 3.33. The lowest BCUT2D eigenvalue weighted by Crippen LogP contribution is -2.12. The van der Waals surface area contributed by atoms with Crippen LogP contribution in [-0.4, -0.2) is 26.1 Å². The van der Waals surface area contributed by atoms with Crippen molar-refractivity contribution in [3.05, 3.63) is 59.6 Å². The molecule has 0 bridgehead atoms. The third-order valence-corrected chi connectivity index (χ3v) is 3.29. The van der Waals surface area contributed by atoms with Gasteiger partial charge < -0.3 is 4.42 Å². The third-order valence-electron chi connectivity index (χ3n) is 3.00. The van der Waals surface area contributed by atoms with E-state index in [-0.39, 0.29) is 16.7 Å². The lowest BCUT2D eigenvalue weighted by molar-refractivity contribution is 0.0996. The van der Waals surface area contributed by atoms with Crippen LogP contribution in [0.1, 0.15) is 10.6 Å². The molecule has 0 radical (unpaired) electrons. The van der Waals surface area contributed by atoms with Crippen molar-refractivity contribution in [3.63, 3.8) is 0 Å². The lowest BCUT2D eigenvalue weighted by atomic mass is 10.2. The van der Waals surface area contributed by atoms with Gasteiger partial charge in [0.05, 0.1) is 11.6 Å². The second kappa shape index (κ2) is 6.63. The second-order valence-electron chi connectivity index (χ2n) is 4.70. The summed E-state index contributed by atoms with van der Waals surface area (Å²) in [4.78, 5) is 13.4. The van der Waals surface area contributed by atoms with Crippen LogP contribution in [0.25, 0.3) is 11.3 Å². The van der Waals surface area contributed by atoms with Gasteiger partial charge in [0.15, 0.2) is 5.76 Å². The number of benzene rings is 1. The molecular formula is C15H11ClFN5O2. The number of halogens is 2. The summed E-state index contributed by atoms with van der Waals surface area (Å²) >= 11 is 5.74. The summed E-state index contributed by atoms with van der Waals surface area (Å²) in [6.45, 7) is 3.93. The summed E-state index contributed by atoms with van der Waals surface area (Å²) in [6.07, 6.45) is 1.60. The molecule has 0 aliphatic rings. The van der Waals surface area contributed by atoms with Crippen LogP contribution in [-0.2, 0) is 6.54 Å². The van der Waals surface area contributed by atoms with Crippen LogP contribution >= 0.6 is 11.6 Å². The Labute approximate surface area is 140 Å². The van der Waals surface area contributed by atoms with E-state index in [2.05, 4.69) is 27.3 Å². The Kier molecular flexibility index (Phi) is 4.39. The van der Waals surface area contributed by atoms with Crippen molar-refractivity contribution in [3.8, 4) is 11.3 Å². The average Bonchev–Trinajstić information content (AvgIpc) is 3.20. The van der Waals surface area contributed by atoms with Gasteiger partial charge >= 0.3 is 0 Å². The first-order valence-corrected chi connectivity index (χ1v) is 7.20. The summed E-state index contributed by atoms with van der Waals surface area (Å²) < 4.78 is 18.7. The molecule has 1 aromatic carbocycles. The fourth-order valence-corrected chi connectivity index (χ4v) is 2.09. The van der Waals surface area contributed by atoms with Crippen LogP contribution in [0.15, 0.2) is 47.4 Å². The van der Waals surface area contributed by atoms with E-state index in [1.54, 1.807) is 12.1 Å². The quantitative estimate of drug-likeness (QED) is 0.716. The molecule has 0 aliphatic heterocycles. The van der Waals surface area contributed by atoms with E-state index in [0.29, 0.717) is 17.9 Å². The summed E-state index contributed by atoms with van der Waals surface area (Å²) in [7, 11) is 0. The van der Waals surface area contributed by atoms with Crippen molar-refractivity contribution in [2.45, 2.75) is 6.54 Å². The average molecular weight is 348 g/mol. The van der Waals surface area contributed by atoms with Crippen molar-refractivity contribution in [2.75, 3.05) is 5.32 Å². The highest BCUT2D eigenvalue weighted by Gasteiger charge is 2.15. The van der Waals surface area contributed by atoms with Gasteiger partial charge in [-0.25, -0.2) is 4.39 Å². The molecule has 2 heterocycles. The minimum Gasteiger partial charge on any atom is -0.451 e. The highest BCUT2D eigenvalue weighted by atomic mass is 35.5. The molecule has 7 nitrogen and oxygen atoms in total. The number of aromatic nitrogens is 4. The molecule has 0 spiro atoms. The smallest absolute Gasteiger partial charge is 0.293 e. The highest BCUT2D eigenvalue weighted by molar-refractivity contribution is 6.31. The predicted octanol–water partition coefficient (Wildman–Crippen LogP) is 3.16. The Morgan fingerprint density at radius 3 is 3.00 bits per heavy atom. The van der Waals surface area contributed by atoms with E-state index in [1.807, 2.05) is 0 Å². The topological polar surface area (TPSA) is 85.8 Å². The van der Waals surface area contributed by atoms with Crippen molar-refractivity contribution in [1.29, 1.82) is 0 Å². The number of anilines is 1.